The van der Waals surface area contributed by atoms with E-state index in [-0.39, 0.29) is 6.04 Å². The molecule has 0 aliphatic heterocycles. The number of rotatable bonds is 4. The summed E-state index contributed by atoms with van der Waals surface area (Å²) < 4.78 is 1.10. The van der Waals surface area contributed by atoms with Gasteiger partial charge in [-0.3, -0.25) is 0 Å². The van der Waals surface area contributed by atoms with E-state index in [1.807, 2.05) is 12.1 Å². The van der Waals surface area contributed by atoms with E-state index in [0.717, 1.165) is 23.7 Å². The van der Waals surface area contributed by atoms with Gasteiger partial charge >= 0.3 is 0 Å². The van der Waals surface area contributed by atoms with Crippen LogP contribution in [0, 0.1) is 0 Å². The summed E-state index contributed by atoms with van der Waals surface area (Å²) in [4.78, 5) is 0. The summed E-state index contributed by atoms with van der Waals surface area (Å²) in [6.45, 7) is 2.83. The summed E-state index contributed by atoms with van der Waals surface area (Å²) in [5.74, 6) is 0. The first-order valence-electron chi connectivity index (χ1n) is 5.80. The van der Waals surface area contributed by atoms with Gasteiger partial charge < -0.3 is 10.4 Å². The molecule has 1 saturated carbocycles. The monoisotopic (exact) mass is 283 g/mol. The molecular formula is C13H18BrNO. The van der Waals surface area contributed by atoms with Gasteiger partial charge in [-0.1, -0.05) is 28.1 Å². The largest absolute Gasteiger partial charge is 0.389 e. The maximum atomic E-state index is 9.98. The minimum absolute atomic E-state index is 0.290. The molecule has 1 aromatic carbocycles. The van der Waals surface area contributed by atoms with E-state index in [0.29, 0.717) is 6.54 Å². The third kappa shape index (κ3) is 2.84. The lowest BCUT2D eigenvalue weighted by Crippen LogP contribution is -2.46. The van der Waals surface area contributed by atoms with Gasteiger partial charge in [0.1, 0.15) is 0 Å². The van der Waals surface area contributed by atoms with Crippen LogP contribution in [0.3, 0.4) is 0 Å². The Kier molecular flexibility index (Phi) is 3.67. The average molecular weight is 284 g/mol. The van der Waals surface area contributed by atoms with Gasteiger partial charge in [-0.05, 0) is 43.9 Å². The third-order valence-corrected chi connectivity index (χ3v) is 3.92. The van der Waals surface area contributed by atoms with Gasteiger partial charge in [0.25, 0.3) is 0 Å². The normalized spacial score (nSPS) is 20.2. The lowest BCUT2D eigenvalue weighted by Gasteiger charge is -2.37. The van der Waals surface area contributed by atoms with Crippen molar-refractivity contribution in [3.63, 3.8) is 0 Å². The molecule has 2 nitrogen and oxygen atoms in total. The molecule has 0 bridgehead atoms. The zero-order valence-electron chi connectivity index (χ0n) is 9.54. The first-order chi connectivity index (χ1) is 7.59. The van der Waals surface area contributed by atoms with Crippen LogP contribution in [0.25, 0.3) is 0 Å². The predicted molar refractivity (Wildman–Crippen MR) is 69.4 cm³/mol. The van der Waals surface area contributed by atoms with Gasteiger partial charge in [-0.25, -0.2) is 0 Å². The Hall–Kier alpha value is -0.380. The Bertz CT molecular complexity index is 345. The summed E-state index contributed by atoms with van der Waals surface area (Å²) in [6.07, 6.45) is 3.03. The Morgan fingerprint density at radius 3 is 2.50 bits per heavy atom. The van der Waals surface area contributed by atoms with Crippen molar-refractivity contribution in [1.29, 1.82) is 0 Å². The minimum atomic E-state index is -0.441. The van der Waals surface area contributed by atoms with Crippen molar-refractivity contribution in [2.75, 3.05) is 6.54 Å². The Balaban J connectivity index is 1.87. The summed E-state index contributed by atoms with van der Waals surface area (Å²) in [5, 5.41) is 13.4. The fraction of sp³-hybridized carbons (Fsp3) is 0.538. The van der Waals surface area contributed by atoms with Crippen LogP contribution in [0.2, 0.25) is 0 Å². The molecule has 0 radical (unpaired) electrons. The van der Waals surface area contributed by atoms with Crippen LogP contribution in [0.15, 0.2) is 28.7 Å². The molecule has 1 aromatic rings. The second-order valence-corrected chi connectivity index (χ2v) is 5.65. The van der Waals surface area contributed by atoms with Crippen LogP contribution in [0.4, 0.5) is 0 Å². The molecule has 1 unspecified atom stereocenters. The number of hydrogen-bond acceptors (Lipinski definition) is 2. The standard InChI is InChI=1S/C13H18BrNO/c1-10(11-3-5-12(14)6-4-11)15-9-13(16)7-2-8-13/h3-6,10,15-16H,2,7-9H2,1H3. The molecular weight excluding hydrogens is 266 g/mol. The number of aliphatic hydroxyl groups is 1. The molecule has 0 aromatic heterocycles. The zero-order chi connectivity index (χ0) is 11.6. The molecule has 0 spiro atoms. The van der Waals surface area contributed by atoms with Crippen LogP contribution >= 0.6 is 15.9 Å². The second kappa shape index (κ2) is 4.86. The molecule has 16 heavy (non-hydrogen) atoms. The lowest BCUT2D eigenvalue weighted by atomic mass is 9.80. The minimum Gasteiger partial charge on any atom is -0.389 e. The molecule has 2 rings (SSSR count). The molecule has 88 valence electrons. The molecule has 2 N–H and O–H groups in total. The number of benzene rings is 1. The van der Waals surface area contributed by atoms with Crippen molar-refractivity contribution < 1.29 is 5.11 Å². The maximum Gasteiger partial charge on any atom is 0.0771 e. The summed E-state index contributed by atoms with van der Waals surface area (Å²) in [7, 11) is 0. The van der Waals surface area contributed by atoms with Crippen LogP contribution in [-0.4, -0.2) is 17.3 Å². The van der Waals surface area contributed by atoms with Gasteiger partial charge in [0.05, 0.1) is 5.60 Å². The highest BCUT2D eigenvalue weighted by Crippen LogP contribution is 2.31. The van der Waals surface area contributed by atoms with E-state index < -0.39 is 5.60 Å². The summed E-state index contributed by atoms with van der Waals surface area (Å²) >= 11 is 3.43. The molecule has 1 aliphatic rings. The van der Waals surface area contributed by atoms with Crippen molar-refractivity contribution in [3.8, 4) is 0 Å². The van der Waals surface area contributed by atoms with Gasteiger partial charge in [0.2, 0.25) is 0 Å². The smallest absolute Gasteiger partial charge is 0.0771 e. The molecule has 1 atom stereocenters. The van der Waals surface area contributed by atoms with E-state index in [1.54, 1.807) is 0 Å². The van der Waals surface area contributed by atoms with Gasteiger partial charge in [0.15, 0.2) is 0 Å². The Morgan fingerprint density at radius 1 is 1.38 bits per heavy atom. The topological polar surface area (TPSA) is 32.3 Å². The molecule has 0 saturated heterocycles. The predicted octanol–water partition coefficient (Wildman–Crippen LogP) is 3.01. The highest BCUT2D eigenvalue weighted by atomic mass is 79.9. The maximum absolute atomic E-state index is 9.98. The molecule has 0 heterocycles. The van der Waals surface area contributed by atoms with Crippen molar-refractivity contribution in [3.05, 3.63) is 34.3 Å². The molecule has 1 fully saturated rings. The summed E-state index contributed by atoms with van der Waals surface area (Å²) in [6, 6.07) is 8.59. The highest BCUT2D eigenvalue weighted by molar-refractivity contribution is 9.10. The van der Waals surface area contributed by atoms with Gasteiger partial charge in [0, 0.05) is 17.1 Å². The van der Waals surface area contributed by atoms with Crippen LogP contribution in [0.5, 0.6) is 0 Å². The zero-order valence-corrected chi connectivity index (χ0v) is 11.1. The van der Waals surface area contributed by atoms with E-state index in [4.69, 9.17) is 0 Å². The summed E-state index contributed by atoms with van der Waals surface area (Å²) in [5.41, 5.74) is 0.815. The van der Waals surface area contributed by atoms with Crippen LogP contribution in [0.1, 0.15) is 37.8 Å². The SMILES string of the molecule is CC(NCC1(O)CCC1)c1ccc(Br)cc1. The lowest BCUT2D eigenvalue weighted by molar-refractivity contribution is -0.0329. The van der Waals surface area contributed by atoms with Gasteiger partial charge in [-0.2, -0.15) is 0 Å². The fourth-order valence-corrected chi connectivity index (χ4v) is 2.24. The number of nitrogens with one attached hydrogen (secondary N) is 1. The van der Waals surface area contributed by atoms with Crippen LogP contribution in [-0.2, 0) is 0 Å². The molecule has 0 amide bonds. The number of hydrogen-bond donors (Lipinski definition) is 2. The van der Waals surface area contributed by atoms with Gasteiger partial charge in [-0.15, -0.1) is 0 Å². The number of halogens is 1. The first kappa shape index (κ1) is 12.1. The van der Waals surface area contributed by atoms with E-state index in [1.165, 1.54) is 5.56 Å². The Morgan fingerprint density at radius 2 is 2.00 bits per heavy atom. The average Bonchev–Trinajstić information content (AvgIpc) is 2.24. The quantitative estimate of drug-likeness (QED) is 0.890. The van der Waals surface area contributed by atoms with Crippen molar-refractivity contribution in [2.24, 2.45) is 0 Å². The third-order valence-electron chi connectivity index (χ3n) is 3.39. The van der Waals surface area contributed by atoms with Crippen molar-refractivity contribution in [1.82, 2.24) is 5.32 Å². The van der Waals surface area contributed by atoms with Crippen LogP contribution < -0.4 is 5.32 Å². The molecule has 3 heteroatoms. The molecule has 1 aliphatic carbocycles. The fourth-order valence-electron chi connectivity index (χ4n) is 1.97. The van der Waals surface area contributed by atoms with E-state index >= 15 is 0 Å². The van der Waals surface area contributed by atoms with E-state index in [9.17, 15) is 5.11 Å². The van der Waals surface area contributed by atoms with Crippen molar-refractivity contribution >= 4 is 15.9 Å². The van der Waals surface area contributed by atoms with E-state index in [2.05, 4.69) is 40.3 Å². The van der Waals surface area contributed by atoms with Crippen molar-refractivity contribution in [2.45, 2.75) is 37.8 Å². The first-order valence-corrected chi connectivity index (χ1v) is 6.60. The highest BCUT2D eigenvalue weighted by Gasteiger charge is 2.34. The Labute approximate surface area is 105 Å². The second-order valence-electron chi connectivity index (χ2n) is 4.73.